The van der Waals surface area contributed by atoms with E-state index in [2.05, 4.69) is 43.6 Å². The maximum Gasteiger partial charge on any atom is 0.147 e. The molecule has 0 aliphatic carbocycles. The van der Waals surface area contributed by atoms with E-state index >= 15 is 0 Å². The molecule has 4 heterocycles. The number of aryl methyl sites for hydroxylation is 2. The Morgan fingerprint density at radius 1 is 0.957 bits per heavy atom. The molecule has 7 heteroatoms. The maximum absolute atomic E-state index is 4.58. The first kappa shape index (κ1) is 14.3. The van der Waals surface area contributed by atoms with Crippen molar-refractivity contribution in [3.63, 3.8) is 0 Å². The summed E-state index contributed by atoms with van der Waals surface area (Å²) in [5, 5.41) is 1.21. The Labute approximate surface area is 138 Å². The van der Waals surface area contributed by atoms with Crippen LogP contribution in [0.15, 0.2) is 24.9 Å². The van der Waals surface area contributed by atoms with Crippen molar-refractivity contribution in [3.8, 4) is 0 Å². The van der Waals surface area contributed by atoms with Crippen molar-refractivity contribution in [3.05, 3.63) is 35.4 Å². The van der Waals surface area contributed by atoms with Gasteiger partial charge in [0.05, 0.1) is 11.6 Å². The van der Waals surface area contributed by atoms with Crippen LogP contribution in [-0.4, -0.2) is 46.1 Å². The zero-order chi connectivity index (χ0) is 15.8. The van der Waals surface area contributed by atoms with Crippen molar-refractivity contribution in [2.24, 2.45) is 0 Å². The number of rotatable bonds is 2. The highest BCUT2D eigenvalue weighted by molar-refractivity contribution is 7.18. The first-order valence-corrected chi connectivity index (χ1v) is 8.52. The standard InChI is InChI=1S/C16H18N6S/c1-11-12(2)23-16-14(11)15(19-10-20-16)22-7-5-21(6-8-22)13-9-17-3-4-18-13/h3-4,9-10H,5-8H2,1-2H3. The van der Waals surface area contributed by atoms with Crippen molar-refractivity contribution in [1.82, 2.24) is 19.9 Å². The third kappa shape index (κ3) is 2.50. The second kappa shape index (κ2) is 5.73. The summed E-state index contributed by atoms with van der Waals surface area (Å²) in [5.41, 5.74) is 1.30. The molecule has 1 aliphatic rings. The highest BCUT2D eigenvalue weighted by Gasteiger charge is 2.22. The van der Waals surface area contributed by atoms with E-state index in [0.29, 0.717) is 0 Å². The van der Waals surface area contributed by atoms with Crippen molar-refractivity contribution in [2.75, 3.05) is 36.0 Å². The fourth-order valence-corrected chi connectivity index (χ4v) is 4.00. The first-order valence-electron chi connectivity index (χ1n) is 7.70. The summed E-state index contributed by atoms with van der Waals surface area (Å²) in [5.74, 6) is 2.01. The van der Waals surface area contributed by atoms with Gasteiger partial charge in [-0.15, -0.1) is 11.3 Å². The van der Waals surface area contributed by atoms with Crippen LogP contribution in [0.1, 0.15) is 10.4 Å². The van der Waals surface area contributed by atoms with Crippen LogP contribution in [-0.2, 0) is 0 Å². The third-order valence-corrected chi connectivity index (χ3v) is 5.51. The molecule has 23 heavy (non-hydrogen) atoms. The topological polar surface area (TPSA) is 58.0 Å². The van der Waals surface area contributed by atoms with Crippen LogP contribution < -0.4 is 9.80 Å². The minimum absolute atomic E-state index is 0.923. The fourth-order valence-electron chi connectivity index (χ4n) is 3.01. The summed E-state index contributed by atoms with van der Waals surface area (Å²) in [6.07, 6.45) is 6.96. The molecular weight excluding hydrogens is 308 g/mol. The lowest BCUT2D eigenvalue weighted by Gasteiger charge is -2.36. The van der Waals surface area contributed by atoms with Crippen molar-refractivity contribution in [1.29, 1.82) is 0 Å². The van der Waals surface area contributed by atoms with E-state index in [1.165, 1.54) is 15.8 Å². The number of nitrogens with zero attached hydrogens (tertiary/aromatic N) is 6. The van der Waals surface area contributed by atoms with Gasteiger partial charge in [0, 0.05) is 43.4 Å². The number of anilines is 2. The Hall–Kier alpha value is -2.28. The molecule has 6 nitrogen and oxygen atoms in total. The van der Waals surface area contributed by atoms with E-state index in [1.807, 2.05) is 6.20 Å². The molecule has 1 saturated heterocycles. The Morgan fingerprint density at radius 3 is 2.48 bits per heavy atom. The Balaban J connectivity index is 1.59. The van der Waals surface area contributed by atoms with Gasteiger partial charge in [-0.25, -0.2) is 15.0 Å². The van der Waals surface area contributed by atoms with E-state index in [4.69, 9.17) is 0 Å². The molecular formula is C16H18N6S. The predicted molar refractivity (Wildman–Crippen MR) is 93.3 cm³/mol. The van der Waals surface area contributed by atoms with E-state index in [9.17, 15) is 0 Å². The quantitative estimate of drug-likeness (QED) is 0.721. The van der Waals surface area contributed by atoms with Gasteiger partial charge in [-0.05, 0) is 19.4 Å². The van der Waals surface area contributed by atoms with Gasteiger partial charge in [0.25, 0.3) is 0 Å². The molecule has 3 aromatic heterocycles. The summed E-state index contributed by atoms with van der Waals surface area (Å²) in [6, 6.07) is 0. The highest BCUT2D eigenvalue weighted by Crippen LogP contribution is 2.34. The average molecular weight is 326 g/mol. The van der Waals surface area contributed by atoms with E-state index in [0.717, 1.165) is 42.6 Å². The van der Waals surface area contributed by atoms with Gasteiger partial charge in [-0.3, -0.25) is 4.98 Å². The Kier molecular flexibility index (Phi) is 3.57. The van der Waals surface area contributed by atoms with Crippen molar-refractivity contribution in [2.45, 2.75) is 13.8 Å². The lowest BCUT2D eigenvalue weighted by Crippen LogP contribution is -2.47. The molecule has 4 rings (SSSR count). The maximum atomic E-state index is 4.58. The summed E-state index contributed by atoms with van der Waals surface area (Å²) >= 11 is 1.75. The number of thiophene rings is 1. The zero-order valence-corrected chi connectivity index (χ0v) is 14.0. The molecule has 0 spiro atoms. The van der Waals surface area contributed by atoms with Gasteiger partial charge in [-0.1, -0.05) is 0 Å². The van der Waals surface area contributed by atoms with E-state index < -0.39 is 0 Å². The SMILES string of the molecule is Cc1sc2ncnc(N3CCN(c4cnccn4)CC3)c2c1C. The summed E-state index contributed by atoms with van der Waals surface area (Å²) in [7, 11) is 0. The van der Waals surface area contributed by atoms with Gasteiger partial charge in [-0.2, -0.15) is 0 Å². The number of fused-ring (bicyclic) bond motifs is 1. The summed E-state index contributed by atoms with van der Waals surface area (Å²) in [6.45, 7) is 8.01. The number of hydrogen-bond donors (Lipinski definition) is 0. The molecule has 1 aliphatic heterocycles. The average Bonchev–Trinajstić information content (AvgIpc) is 2.90. The Morgan fingerprint density at radius 2 is 1.74 bits per heavy atom. The van der Waals surface area contributed by atoms with Crippen LogP contribution in [0, 0.1) is 13.8 Å². The molecule has 118 valence electrons. The van der Waals surface area contributed by atoms with Crippen molar-refractivity contribution >= 4 is 33.2 Å². The first-order chi connectivity index (χ1) is 11.2. The van der Waals surface area contributed by atoms with Crippen LogP contribution in [0.2, 0.25) is 0 Å². The third-order valence-electron chi connectivity index (χ3n) is 4.40. The van der Waals surface area contributed by atoms with Gasteiger partial charge in [0.2, 0.25) is 0 Å². The number of piperazine rings is 1. The fraction of sp³-hybridized carbons (Fsp3) is 0.375. The lowest BCUT2D eigenvalue weighted by molar-refractivity contribution is 0.642. The molecule has 0 aromatic carbocycles. The van der Waals surface area contributed by atoms with Gasteiger partial charge in [0.15, 0.2) is 0 Å². The highest BCUT2D eigenvalue weighted by atomic mass is 32.1. The second-order valence-electron chi connectivity index (χ2n) is 5.70. The number of aromatic nitrogens is 4. The monoisotopic (exact) mass is 326 g/mol. The number of hydrogen-bond acceptors (Lipinski definition) is 7. The molecule has 0 atom stereocenters. The molecule has 0 N–H and O–H groups in total. The van der Waals surface area contributed by atoms with Crippen LogP contribution in [0.3, 0.4) is 0 Å². The van der Waals surface area contributed by atoms with Crippen LogP contribution >= 0.6 is 11.3 Å². The molecule has 0 radical (unpaired) electrons. The molecule has 0 bridgehead atoms. The molecule has 0 unspecified atom stereocenters. The van der Waals surface area contributed by atoms with E-state index in [1.54, 1.807) is 30.1 Å². The summed E-state index contributed by atoms with van der Waals surface area (Å²) < 4.78 is 0. The molecule has 1 fully saturated rings. The largest absolute Gasteiger partial charge is 0.352 e. The Bertz CT molecular complexity index is 823. The summed E-state index contributed by atoms with van der Waals surface area (Å²) in [4.78, 5) is 24.6. The molecule has 0 amide bonds. The lowest BCUT2D eigenvalue weighted by atomic mass is 10.2. The second-order valence-corrected chi connectivity index (χ2v) is 6.90. The minimum Gasteiger partial charge on any atom is -0.352 e. The normalized spacial score (nSPS) is 15.4. The van der Waals surface area contributed by atoms with Crippen LogP contribution in [0.4, 0.5) is 11.6 Å². The van der Waals surface area contributed by atoms with Gasteiger partial charge in [0.1, 0.15) is 22.8 Å². The van der Waals surface area contributed by atoms with Crippen molar-refractivity contribution < 1.29 is 0 Å². The van der Waals surface area contributed by atoms with Gasteiger partial charge >= 0.3 is 0 Å². The predicted octanol–water partition coefficient (Wildman–Crippen LogP) is 2.42. The van der Waals surface area contributed by atoms with Crippen LogP contribution in [0.5, 0.6) is 0 Å². The van der Waals surface area contributed by atoms with Gasteiger partial charge < -0.3 is 9.80 Å². The smallest absolute Gasteiger partial charge is 0.147 e. The van der Waals surface area contributed by atoms with E-state index in [-0.39, 0.29) is 0 Å². The minimum atomic E-state index is 0.923. The van der Waals surface area contributed by atoms with Crippen LogP contribution in [0.25, 0.3) is 10.2 Å². The molecule has 3 aromatic rings. The zero-order valence-electron chi connectivity index (χ0n) is 13.2. The molecule has 0 saturated carbocycles.